The third-order valence-corrected chi connectivity index (χ3v) is 2.89. The molecular formula is C10H15F2N3O. The van der Waals surface area contributed by atoms with Crippen molar-refractivity contribution in [2.24, 2.45) is 0 Å². The Hall–Kier alpha value is -1.04. The van der Waals surface area contributed by atoms with Crippen LogP contribution in [-0.2, 0) is 6.54 Å². The molecule has 1 aromatic rings. The smallest absolute Gasteiger partial charge is 0.248 e. The van der Waals surface area contributed by atoms with Crippen LogP contribution in [0.25, 0.3) is 0 Å². The fourth-order valence-electron chi connectivity index (χ4n) is 1.95. The van der Waals surface area contributed by atoms with Crippen LogP contribution in [0.3, 0.4) is 0 Å². The molecule has 1 fully saturated rings. The van der Waals surface area contributed by atoms with Gasteiger partial charge in [-0.05, 0) is 19.9 Å². The van der Waals surface area contributed by atoms with Crippen LogP contribution in [0.2, 0.25) is 0 Å². The number of alkyl halides is 2. The van der Waals surface area contributed by atoms with Gasteiger partial charge < -0.3 is 9.84 Å². The first-order chi connectivity index (χ1) is 7.61. The monoisotopic (exact) mass is 231 g/mol. The number of hydrogen-bond donors (Lipinski definition) is 1. The van der Waals surface area contributed by atoms with Gasteiger partial charge in [-0.2, -0.15) is 4.98 Å². The van der Waals surface area contributed by atoms with Crippen molar-refractivity contribution in [3.05, 3.63) is 11.7 Å². The molecule has 1 saturated carbocycles. The molecule has 0 unspecified atom stereocenters. The van der Waals surface area contributed by atoms with Gasteiger partial charge in [-0.25, -0.2) is 8.78 Å². The number of halogens is 2. The van der Waals surface area contributed by atoms with Crippen molar-refractivity contribution in [3.8, 4) is 0 Å². The molecule has 1 aliphatic rings. The van der Waals surface area contributed by atoms with Crippen LogP contribution in [-0.4, -0.2) is 23.1 Å². The highest BCUT2D eigenvalue weighted by atomic mass is 19.3. The second-order valence-corrected chi connectivity index (χ2v) is 4.21. The number of rotatable bonds is 3. The van der Waals surface area contributed by atoms with Gasteiger partial charge in [0.2, 0.25) is 11.8 Å². The van der Waals surface area contributed by atoms with E-state index in [2.05, 4.69) is 15.5 Å². The van der Waals surface area contributed by atoms with Crippen molar-refractivity contribution in [1.29, 1.82) is 0 Å². The van der Waals surface area contributed by atoms with Crippen molar-refractivity contribution in [2.45, 2.75) is 44.1 Å². The van der Waals surface area contributed by atoms with Gasteiger partial charge in [0.25, 0.3) is 0 Å². The summed E-state index contributed by atoms with van der Waals surface area (Å²) < 4.78 is 31.0. The first kappa shape index (κ1) is 11.4. The molecule has 6 heteroatoms. The minimum Gasteiger partial charge on any atom is -0.339 e. The molecule has 16 heavy (non-hydrogen) atoms. The van der Waals surface area contributed by atoms with E-state index < -0.39 is 5.92 Å². The lowest BCUT2D eigenvalue weighted by atomic mass is 9.87. The Balaban J connectivity index is 1.97. The van der Waals surface area contributed by atoms with Gasteiger partial charge in [-0.15, -0.1) is 0 Å². The fraction of sp³-hybridized carbons (Fsp3) is 0.800. The van der Waals surface area contributed by atoms with Gasteiger partial charge in [-0.3, -0.25) is 0 Å². The van der Waals surface area contributed by atoms with E-state index in [1.807, 2.05) is 0 Å². The van der Waals surface area contributed by atoms with Crippen molar-refractivity contribution in [1.82, 2.24) is 15.5 Å². The minimum atomic E-state index is -2.51. The highest BCUT2D eigenvalue weighted by molar-refractivity contribution is 4.97. The third-order valence-electron chi connectivity index (χ3n) is 2.89. The lowest BCUT2D eigenvalue weighted by Crippen LogP contribution is -2.23. The predicted octanol–water partition coefficient (Wildman–Crippen LogP) is 2.08. The van der Waals surface area contributed by atoms with Crippen LogP contribution in [0.5, 0.6) is 0 Å². The Kier molecular flexibility index (Phi) is 3.18. The average Bonchev–Trinajstić information content (AvgIpc) is 2.67. The van der Waals surface area contributed by atoms with Crippen LogP contribution in [0, 0.1) is 0 Å². The second kappa shape index (κ2) is 4.45. The Bertz CT molecular complexity index is 344. The van der Waals surface area contributed by atoms with Crippen molar-refractivity contribution in [3.63, 3.8) is 0 Å². The van der Waals surface area contributed by atoms with Crippen LogP contribution < -0.4 is 5.32 Å². The van der Waals surface area contributed by atoms with E-state index in [1.165, 1.54) is 0 Å². The molecule has 0 aromatic carbocycles. The van der Waals surface area contributed by atoms with Gasteiger partial charge in [-0.1, -0.05) is 5.16 Å². The van der Waals surface area contributed by atoms with Crippen LogP contribution in [0.4, 0.5) is 8.78 Å². The fourth-order valence-corrected chi connectivity index (χ4v) is 1.95. The Morgan fingerprint density at radius 1 is 1.44 bits per heavy atom. The van der Waals surface area contributed by atoms with Gasteiger partial charge in [0.05, 0.1) is 6.54 Å². The van der Waals surface area contributed by atoms with E-state index in [0.29, 0.717) is 31.1 Å². The Morgan fingerprint density at radius 2 is 2.12 bits per heavy atom. The van der Waals surface area contributed by atoms with Crippen LogP contribution in [0.15, 0.2) is 4.52 Å². The Labute approximate surface area is 92.4 Å². The molecule has 0 atom stereocenters. The van der Waals surface area contributed by atoms with E-state index in [0.717, 1.165) is 0 Å². The highest BCUT2D eigenvalue weighted by Gasteiger charge is 2.37. The highest BCUT2D eigenvalue weighted by Crippen LogP contribution is 2.40. The predicted molar refractivity (Wildman–Crippen MR) is 53.2 cm³/mol. The largest absolute Gasteiger partial charge is 0.339 e. The Morgan fingerprint density at radius 3 is 2.75 bits per heavy atom. The molecule has 2 rings (SSSR count). The lowest BCUT2D eigenvalue weighted by molar-refractivity contribution is -0.0402. The third kappa shape index (κ3) is 2.55. The zero-order valence-electron chi connectivity index (χ0n) is 9.17. The molecule has 1 aliphatic carbocycles. The van der Waals surface area contributed by atoms with Gasteiger partial charge >= 0.3 is 0 Å². The molecule has 1 N–H and O–H groups in total. The molecule has 0 saturated heterocycles. The van der Waals surface area contributed by atoms with E-state index in [1.54, 1.807) is 7.05 Å². The van der Waals surface area contributed by atoms with E-state index in [4.69, 9.17) is 4.52 Å². The van der Waals surface area contributed by atoms with Crippen LogP contribution in [0.1, 0.15) is 43.3 Å². The summed E-state index contributed by atoms with van der Waals surface area (Å²) >= 11 is 0. The first-order valence-corrected chi connectivity index (χ1v) is 5.45. The number of nitrogens with one attached hydrogen (secondary N) is 1. The van der Waals surface area contributed by atoms with Crippen LogP contribution >= 0.6 is 0 Å². The maximum absolute atomic E-state index is 12.9. The summed E-state index contributed by atoms with van der Waals surface area (Å²) in [6, 6.07) is 0. The standard InChI is InChI=1S/C10H15F2N3O/c1-13-6-8-14-9(16-15-8)7-2-4-10(11,12)5-3-7/h7,13H,2-6H2,1H3. The van der Waals surface area contributed by atoms with Crippen molar-refractivity contribution in [2.75, 3.05) is 7.05 Å². The maximum atomic E-state index is 12.9. The lowest BCUT2D eigenvalue weighted by Gasteiger charge is -2.25. The first-order valence-electron chi connectivity index (χ1n) is 5.45. The summed E-state index contributed by atoms with van der Waals surface area (Å²) in [6.07, 6.45) is 0.686. The molecule has 0 bridgehead atoms. The average molecular weight is 231 g/mol. The second-order valence-electron chi connectivity index (χ2n) is 4.21. The molecule has 1 aromatic heterocycles. The van der Waals surface area contributed by atoms with E-state index >= 15 is 0 Å². The normalized spacial score (nSPS) is 21.2. The van der Waals surface area contributed by atoms with E-state index in [-0.39, 0.29) is 18.8 Å². The molecule has 0 spiro atoms. The molecule has 90 valence electrons. The topological polar surface area (TPSA) is 51.0 Å². The molecular weight excluding hydrogens is 216 g/mol. The van der Waals surface area contributed by atoms with Crippen molar-refractivity contribution < 1.29 is 13.3 Å². The molecule has 1 heterocycles. The van der Waals surface area contributed by atoms with Crippen molar-refractivity contribution >= 4 is 0 Å². The zero-order valence-corrected chi connectivity index (χ0v) is 9.17. The zero-order chi connectivity index (χ0) is 11.6. The van der Waals surface area contributed by atoms with E-state index in [9.17, 15) is 8.78 Å². The molecule has 0 radical (unpaired) electrons. The summed E-state index contributed by atoms with van der Waals surface area (Å²) in [5.41, 5.74) is 0. The van der Waals surface area contributed by atoms with Gasteiger partial charge in [0, 0.05) is 18.8 Å². The molecule has 4 nitrogen and oxygen atoms in total. The number of aromatic nitrogens is 2. The summed E-state index contributed by atoms with van der Waals surface area (Å²) in [6.45, 7) is 0.534. The summed E-state index contributed by atoms with van der Waals surface area (Å²) in [4.78, 5) is 4.19. The summed E-state index contributed by atoms with van der Waals surface area (Å²) in [5, 5.41) is 6.69. The van der Waals surface area contributed by atoms with Gasteiger partial charge in [0.1, 0.15) is 0 Å². The summed E-state index contributed by atoms with van der Waals surface area (Å²) in [5.74, 6) is -1.43. The maximum Gasteiger partial charge on any atom is 0.248 e. The SMILES string of the molecule is CNCc1noc(C2CCC(F)(F)CC2)n1. The molecule has 0 amide bonds. The number of nitrogens with zero attached hydrogens (tertiary/aromatic N) is 2. The minimum absolute atomic E-state index is 0.00210. The van der Waals surface area contributed by atoms with Gasteiger partial charge in [0.15, 0.2) is 5.82 Å². The summed E-state index contributed by atoms with van der Waals surface area (Å²) in [7, 11) is 1.79. The molecule has 0 aliphatic heterocycles. The quantitative estimate of drug-likeness (QED) is 0.865. The number of hydrogen-bond acceptors (Lipinski definition) is 4.